The van der Waals surface area contributed by atoms with Gasteiger partial charge in [-0.15, -0.1) is 0 Å². The zero-order valence-electron chi connectivity index (χ0n) is 14.1. The summed E-state index contributed by atoms with van der Waals surface area (Å²) in [6.07, 6.45) is 2.94. The number of nitrogens with one attached hydrogen (secondary N) is 1. The van der Waals surface area contributed by atoms with Crippen LogP contribution in [-0.2, 0) is 4.79 Å². The van der Waals surface area contributed by atoms with Crippen LogP contribution in [0.15, 0.2) is 54.9 Å². The summed E-state index contributed by atoms with van der Waals surface area (Å²) in [6, 6.07) is 13.7. The minimum atomic E-state index is -0.397. The molecule has 0 aliphatic rings. The molecule has 27 heavy (non-hydrogen) atoms. The normalized spacial score (nSPS) is 10.2. The minimum absolute atomic E-state index is 0.0280. The van der Waals surface area contributed by atoms with E-state index in [4.69, 9.17) is 11.6 Å². The van der Waals surface area contributed by atoms with Crippen LogP contribution >= 0.6 is 11.6 Å². The second kappa shape index (κ2) is 8.25. The summed E-state index contributed by atoms with van der Waals surface area (Å²) in [7, 11) is 0. The summed E-state index contributed by atoms with van der Waals surface area (Å²) in [5.41, 5.74) is 0.696. The quantitative estimate of drug-likeness (QED) is 0.661. The number of Topliss-reactive ketones (excluding diaryl/α,β-unsaturated/α-hetero) is 1. The van der Waals surface area contributed by atoms with Crippen molar-refractivity contribution in [3.8, 4) is 11.9 Å². The second-order valence-electron chi connectivity index (χ2n) is 5.60. The first-order valence-corrected chi connectivity index (χ1v) is 8.44. The molecular formula is C19H14ClN5O2. The molecule has 3 rings (SSSR count). The van der Waals surface area contributed by atoms with Crippen LogP contribution in [-0.4, -0.2) is 26.5 Å². The number of aromatic nitrogens is 3. The Balaban J connectivity index is 1.69. The summed E-state index contributed by atoms with van der Waals surface area (Å²) >= 11 is 5.80. The number of ketones is 1. The van der Waals surface area contributed by atoms with Gasteiger partial charge in [0, 0.05) is 29.6 Å². The lowest BCUT2D eigenvalue weighted by Crippen LogP contribution is -2.17. The molecule has 0 aliphatic heterocycles. The highest BCUT2D eigenvalue weighted by Gasteiger charge is 2.16. The number of hydrogen-bond acceptors (Lipinski definition) is 5. The number of carbonyl (C=O) groups is 2. The molecule has 3 aromatic rings. The van der Waals surface area contributed by atoms with Crippen LogP contribution in [0.2, 0.25) is 5.02 Å². The Morgan fingerprint density at radius 1 is 1.15 bits per heavy atom. The van der Waals surface area contributed by atoms with Gasteiger partial charge in [-0.2, -0.15) is 15.0 Å². The third kappa shape index (κ3) is 4.37. The Kier molecular flexibility index (Phi) is 5.59. The smallest absolute Gasteiger partial charge is 0.226 e. The summed E-state index contributed by atoms with van der Waals surface area (Å²) in [5, 5.41) is 16.5. The van der Waals surface area contributed by atoms with Crippen molar-refractivity contribution in [2.24, 2.45) is 0 Å². The molecule has 0 atom stereocenters. The van der Waals surface area contributed by atoms with E-state index >= 15 is 0 Å². The molecule has 8 heteroatoms. The highest BCUT2D eigenvalue weighted by molar-refractivity contribution is 6.30. The van der Waals surface area contributed by atoms with Gasteiger partial charge in [-0.25, -0.2) is 4.98 Å². The predicted molar refractivity (Wildman–Crippen MR) is 99.7 cm³/mol. The monoisotopic (exact) mass is 379 g/mol. The average molecular weight is 380 g/mol. The third-order valence-corrected chi connectivity index (χ3v) is 4.01. The van der Waals surface area contributed by atoms with Crippen molar-refractivity contribution in [3.05, 3.63) is 71.0 Å². The van der Waals surface area contributed by atoms with Gasteiger partial charge in [0.2, 0.25) is 5.91 Å². The fraction of sp³-hybridized carbons (Fsp3) is 0.105. The summed E-state index contributed by atoms with van der Waals surface area (Å²) in [5.74, 6) is 0.124. The van der Waals surface area contributed by atoms with Crippen molar-refractivity contribution >= 4 is 29.1 Å². The fourth-order valence-electron chi connectivity index (χ4n) is 2.41. The molecule has 0 saturated carbocycles. The number of carbonyl (C=O) groups excluding carboxylic acids is 2. The number of amides is 1. The van der Waals surface area contributed by atoms with E-state index in [9.17, 15) is 14.9 Å². The lowest BCUT2D eigenvalue weighted by atomic mass is 10.1. The number of anilines is 1. The minimum Gasteiger partial charge on any atom is -0.309 e. The number of hydrogen-bond donors (Lipinski definition) is 1. The van der Waals surface area contributed by atoms with E-state index in [1.54, 1.807) is 48.7 Å². The molecule has 1 aromatic carbocycles. The van der Waals surface area contributed by atoms with E-state index in [0.717, 1.165) is 0 Å². The van der Waals surface area contributed by atoms with E-state index in [1.165, 1.54) is 10.9 Å². The Morgan fingerprint density at radius 3 is 2.59 bits per heavy atom. The molecule has 0 bridgehead atoms. The number of rotatable bonds is 6. The summed E-state index contributed by atoms with van der Waals surface area (Å²) in [6.45, 7) is 0. The van der Waals surface area contributed by atoms with E-state index in [0.29, 0.717) is 16.4 Å². The van der Waals surface area contributed by atoms with Gasteiger partial charge in [-0.05, 0) is 36.4 Å². The Hall–Kier alpha value is -3.50. The summed E-state index contributed by atoms with van der Waals surface area (Å²) < 4.78 is 1.37. The van der Waals surface area contributed by atoms with Crippen LogP contribution in [0, 0.1) is 11.3 Å². The molecule has 2 aromatic heterocycles. The zero-order valence-corrected chi connectivity index (χ0v) is 14.8. The van der Waals surface area contributed by atoms with Gasteiger partial charge < -0.3 is 5.32 Å². The van der Waals surface area contributed by atoms with Crippen molar-refractivity contribution in [3.63, 3.8) is 0 Å². The number of benzene rings is 1. The molecule has 1 N–H and O–H groups in total. The molecule has 0 spiro atoms. The average Bonchev–Trinajstić information content (AvgIpc) is 3.10. The second-order valence-corrected chi connectivity index (χ2v) is 6.03. The lowest BCUT2D eigenvalue weighted by molar-refractivity contribution is -0.116. The molecule has 0 aliphatic carbocycles. The third-order valence-electron chi connectivity index (χ3n) is 3.76. The standard InChI is InChI=1S/C19H14ClN5O2/c20-15-6-4-13(5-7-15)16(26)8-9-18(27)24-19-14(11-21)12-23-25(19)17-3-1-2-10-22-17/h1-7,10,12H,8-9H2,(H,24,27). The van der Waals surface area contributed by atoms with Crippen LogP contribution in [0.5, 0.6) is 0 Å². The van der Waals surface area contributed by atoms with Gasteiger partial charge >= 0.3 is 0 Å². The van der Waals surface area contributed by atoms with Crippen molar-refractivity contribution in [2.45, 2.75) is 12.8 Å². The number of nitriles is 1. The fourth-order valence-corrected chi connectivity index (χ4v) is 2.53. The highest BCUT2D eigenvalue weighted by atomic mass is 35.5. The molecule has 0 saturated heterocycles. The summed E-state index contributed by atoms with van der Waals surface area (Å²) in [4.78, 5) is 28.6. The van der Waals surface area contributed by atoms with E-state index in [2.05, 4.69) is 15.4 Å². The predicted octanol–water partition coefficient (Wildman–Crippen LogP) is 3.39. The Labute approximate surface area is 160 Å². The molecule has 134 valence electrons. The first kappa shape index (κ1) is 18.3. The molecule has 1 amide bonds. The van der Waals surface area contributed by atoms with Gasteiger partial charge in [0.15, 0.2) is 17.4 Å². The maximum Gasteiger partial charge on any atom is 0.226 e. The van der Waals surface area contributed by atoms with Gasteiger partial charge in [-0.3, -0.25) is 9.59 Å². The number of halogens is 1. The largest absolute Gasteiger partial charge is 0.309 e. The van der Waals surface area contributed by atoms with E-state index in [1.807, 2.05) is 6.07 Å². The first-order valence-electron chi connectivity index (χ1n) is 8.06. The first-order chi connectivity index (χ1) is 13.1. The van der Waals surface area contributed by atoms with Crippen molar-refractivity contribution in [2.75, 3.05) is 5.32 Å². The van der Waals surface area contributed by atoms with Crippen molar-refractivity contribution in [1.29, 1.82) is 5.26 Å². The SMILES string of the molecule is N#Cc1cnn(-c2ccccn2)c1NC(=O)CCC(=O)c1ccc(Cl)cc1. The van der Waals surface area contributed by atoms with Gasteiger partial charge in [-0.1, -0.05) is 17.7 Å². The van der Waals surface area contributed by atoms with Gasteiger partial charge in [0.05, 0.1) is 6.20 Å². The van der Waals surface area contributed by atoms with Gasteiger partial charge in [0.1, 0.15) is 11.6 Å². The molecule has 2 heterocycles. The maximum atomic E-state index is 12.3. The van der Waals surface area contributed by atoms with Crippen LogP contribution in [0.3, 0.4) is 0 Å². The number of pyridine rings is 1. The number of nitrogens with zero attached hydrogens (tertiary/aromatic N) is 4. The molecular weight excluding hydrogens is 366 g/mol. The lowest BCUT2D eigenvalue weighted by Gasteiger charge is -2.08. The topological polar surface area (TPSA) is 101 Å². The van der Waals surface area contributed by atoms with Crippen LogP contribution in [0.1, 0.15) is 28.8 Å². The molecule has 0 fully saturated rings. The highest BCUT2D eigenvalue weighted by Crippen LogP contribution is 2.19. The maximum absolute atomic E-state index is 12.3. The van der Waals surface area contributed by atoms with E-state index in [-0.39, 0.29) is 30.0 Å². The molecule has 7 nitrogen and oxygen atoms in total. The van der Waals surface area contributed by atoms with Crippen molar-refractivity contribution in [1.82, 2.24) is 14.8 Å². The van der Waals surface area contributed by atoms with Crippen LogP contribution in [0.4, 0.5) is 5.82 Å². The van der Waals surface area contributed by atoms with Gasteiger partial charge in [0.25, 0.3) is 0 Å². The Bertz CT molecular complexity index is 1010. The van der Waals surface area contributed by atoms with E-state index < -0.39 is 5.91 Å². The van der Waals surface area contributed by atoms with Crippen LogP contribution < -0.4 is 5.32 Å². The Morgan fingerprint density at radius 2 is 1.93 bits per heavy atom. The van der Waals surface area contributed by atoms with Crippen LogP contribution in [0.25, 0.3) is 5.82 Å². The molecule has 0 unspecified atom stereocenters. The zero-order chi connectivity index (χ0) is 19.2. The van der Waals surface area contributed by atoms with Crippen molar-refractivity contribution < 1.29 is 9.59 Å². The molecule has 0 radical (unpaired) electrons.